The molecule has 0 radical (unpaired) electrons. The standard InChI is InChI=1S/C22H30N4O6/c1-14-18(20(27)32-3)19(16-5-4-6-17(13-16)26(30)31)22(21(28)29,15(2)24-14)7-10-25-11-8-23-9-12-25/h4-6,13,15,19,23-24H,7-12H2,1-3H3,(H,28,29). The number of piperazine rings is 1. The lowest BCUT2D eigenvalue weighted by molar-refractivity contribution is -0.384. The van der Waals surface area contributed by atoms with Gasteiger partial charge in [-0.1, -0.05) is 12.1 Å². The van der Waals surface area contributed by atoms with Crippen LogP contribution in [0.1, 0.15) is 31.7 Å². The number of rotatable bonds is 7. The number of carbonyl (C=O) groups is 2. The number of ether oxygens (including phenoxy) is 1. The topological polar surface area (TPSA) is 134 Å². The first-order chi connectivity index (χ1) is 15.2. The van der Waals surface area contributed by atoms with E-state index >= 15 is 0 Å². The number of nitro benzene ring substituents is 1. The van der Waals surface area contributed by atoms with E-state index in [4.69, 9.17) is 4.74 Å². The Morgan fingerprint density at radius 1 is 1.34 bits per heavy atom. The van der Waals surface area contributed by atoms with Gasteiger partial charge in [0.2, 0.25) is 0 Å². The molecule has 0 aliphatic carbocycles. The molecule has 1 aromatic carbocycles. The van der Waals surface area contributed by atoms with E-state index in [-0.39, 0.29) is 17.7 Å². The number of benzene rings is 1. The van der Waals surface area contributed by atoms with Crippen molar-refractivity contribution in [2.24, 2.45) is 5.41 Å². The highest BCUT2D eigenvalue weighted by Crippen LogP contribution is 2.51. The van der Waals surface area contributed by atoms with Gasteiger partial charge in [0, 0.05) is 56.0 Å². The molecule has 10 nitrogen and oxygen atoms in total. The summed E-state index contributed by atoms with van der Waals surface area (Å²) < 4.78 is 5.01. The van der Waals surface area contributed by atoms with Gasteiger partial charge in [-0.2, -0.15) is 0 Å². The molecule has 1 fully saturated rings. The molecule has 1 saturated heterocycles. The van der Waals surface area contributed by atoms with Crippen LogP contribution >= 0.6 is 0 Å². The van der Waals surface area contributed by atoms with E-state index in [1.807, 2.05) is 0 Å². The number of hydrogen-bond donors (Lipinski definition) is 3. The van der Waals surface area contributed by atoms with E-state index in [1.165, 1.54) is 25.3 Å². The van der Waals surface area contributed by atoms with Gasteiger partial charge in [0.1, 0.15) is 0 Å². The summed E-state index contributed by atoms with van der Waals surface area (Å²) in [6.07, 6.45) is 0.262. The molecule has 174 valence electrons. The summed E-state index contributed by atoms with van der Waals surface area (Å²) in [5.74, 6) is -2.62. The van der Waals surface area contributed by atoms with Gasteiger partial charge in [-0.3, -0.25) is 14.9 Å². The molecule has 0 aromatic heterocycles. The zero-order valence-electron chi connectivity index (χ0n) is 18.6. The monoisotopic (exact) mass is 446 g/mol. The normalized spacial score (nSPS) is 26.3. The average molecular weight is 447 g/mol. The molecule has 0 bridgehead atoms. The number of nitrogens with zero attached hydrogens (tertiary/aromatic N) is 2. The maximum Gasteiger partial charge on any atom is 0.336 e. The number of allylic oxidation sites excluding steroid dienone is 1. The lowest BCUT2D eigenvalue weighted by atomic mass is 9.60. The average Bonchev–Trinajstić information content (AvgIpc) is 2.78. The fraction of sp³-hybridized carbons (Fsp3) is 0.545. The molecule has 2 heterocycles. The number of carboxylic acid groups (broad SMARTS) is 1. The van der Waals surface area contributed by atoms with Crippen LogP contribution in [-0.4, -0.2) is 72.7 Å². The van der Waals surface area contributed by atoms with E-state index in [0.717, 1.165) is 26.2 Å². The Morgan fingerprint density at radius 2 is 2.03 bits per heavy atom. The van der Waals surface area contributed by atoms with Gasteiger partial charge >= 0.3 is 11.9 Å². The lowest BCUT2D eigenvalue weighted by Gasteiger charge is -2.48. The first kappa shape index (κ1) is 23.7. The van der Waals surface area contributed by atoms with Crippen molar-refractivity contribution in [1.29, 1.82) is 0 Å². The second kappa shape index (κ2) is 9.66. The van der Waals surface area contributed by atoms with Crippen LogP contribution in [0.4, 0.5) is 5.69 Å². The van der Waals surface area contributed by atoms with Crippen LogP contribution in [0.2, 0.25) is 0 Å². The second-order valence-corrected chi connectivity index (χ2v) is 8.37. The SMILES string of the molecule is COC(=O)C1=C(C)NC(C)C(CCN2CCNCC2)(C(=O)O)C1c1cccc([N+](=O)[O-])c1. The molecule has 3 atom stereocenters. The molecule has 3 unspecified atom stereocenters. The third-order valence-electron chi connectivity index (χ3n) is 6.68. The van der Waals surface area contributed by atoms with E-state index in [2.05, 4.69) is 15.5 Å². The second-order valence-electron chi connectivity index (χ2n) is 8.37. The van der Waals surface area contributed by atoms with Gasteiger partial charge in [0.05, 0.1) is 23.0 Å². The van der Waals surface area contributed by atoms with Crippen LogP contribution in [0.3, 0.4) is 0 Å². The summed E-state index contributed by atoms with van der Waals surface area (Å²) >= 11 is 0. The van der Waals surface area contributed by atoms with Crippen molar-refractivity contribution in [3.63, 3.8) is 0 Å². The molecular weight excluding hydrogens is 416 g/mol. The largest absolute Gasteiger partial charge is 0.481 e. The summed E-state index contributed by atoms with van der Waals surface area (Å²) in [7, 11) is 1.24. The fourth-order valence-corrected chi connectivity index (χ4v) is 4.97. The first-order valence-corrected chi connectivity index (χ1v) is 10.7. The van der Waals surface area contributed by atoms with Crippen molar-refractivity contribution in [3.05, 3.63) is 51.2 Å². The molecule has 2 aliphatic heterocycles. The third-order valence-corrected chi connectivity index (χ3v) is 6.68. The number of carbonyl (C=O) groups excluding carboxylic acids is 1. The number of non-ortho nitro benzene ring substituents is 1. The number of nitrogens with one attached hydrogen (secondary N) is 2. The third kappa shape index (κ3) is 4.33. The smallest absolute Gasteiger partial charge is 0.336 e. The van der Waals surface area contributed by atoms with Crippen LogP contribution in [-0.2, 0) is 14.3 Å². The summed E-state index contributed by atoms with van der Waals surface area (Å²) in [5.41, 5.74) is -0.455. The number of nitro groups is 1. The number of methoxy groups -OCH3 is 1. The minimum absolute atomic E-state index is 0.156. The molecule has 3 rings (SSSR count). The Balaban J connectivity index is 2.16. The quantitative estimate of drug-likeness (QED) is 0.323. The fourth-order valence-electron chi connectivity index (χ4n) is 4.97. The van der Waals surface area contributed by atoms with E-state index in [1.54, 1.807) is 19.9 Å². The van der Waals surface area contributed by atoms with Crippen molar-refractivity contribution in [3.8, 4) is 0 Å². The molecule has 0 spiro atoms. The molecular formula is C22H30N4O6. The van der Waals surface area contributed by atoms with Crippen LogP contribution in [0.5, 0.6) is 0 Å². The zero-order valence-corrected chi connectivity index (χ0v) is 18.6. The van der Waals surface area contributed by atoms with Crippen molar-refractivity contribution in [2.45, 2.75) is 32.2 Å². The highest BCUT2D eigenvalue weighted by Gasteiger charge is 2.56. The molecule has 1 aromatic rings. The minimum Gasteiger partial charge on any atom is -0.481 e. The summed E-state index contributed by atoms with van der Waals surface area (Å²) in [5, 5.41) is 28.5. The van der Waals surface area contributed by atoms with Gasteiger partial charge in [0.25, 0.3) is 5.69 Å². The molecule has 10 heteroatoms. The summed E-state index contributed by atoms with van der Waals surface area (Å²) in [6.45, 7) is 7.28. The maximum absolute atomic E-state index is 12.9. The lowest BCUT2D eigenvalue weighted by Crippen LogP contribution is -2.58. The van der Waals surface area contributed by atoms with Gasteiger partial charge in [-0.25, -0.2) is 4.79 Å². The maximum atomic E-state index is 12.9. The number of esters is 1. The van der Waals surface area contributed by atoms with Crippen LogP contribution in [0.15, 0.2) is 35.5 Å². The van der Waals surface area contributed by atoms with Gasteiger partial charge < -0.3 is 25.4 Å². The summed E-state index contributed by atoms with van der Waals surface area (Å²) in [4.78, 5) is 38.9. The molecule has 2 aliphatic rings. The Labute approximate surface area is 186 Å². The van der Waals surface area contributed by atoms with E-state index in [0.29, 0.717) is 17.8 Å². The highest BCUT2D eigenvalue weighted by molar-refractivity contribution is 5.94. The Kier molecular flexibility index (Phi) is 7.15. The predicted molar refractivity (Wildman–Crippen MR) is 117 cm³/mol. The number of aliphatic carboxylic acids is 1. The van der Waals surface area contributed by atoms with Crippen LogP contribution in [0, 0.1) is 15.5 Å². The predicted octanol–water partition coefficient (Wildman–Crippen LogP) is 1.48. The Morgan fingerprint density at radius 3 is 2.62 bits per heavy atom. The zero-order chi connectivity index (χ0) is 23.5. The van der Waals surface area contributed by atoms with Crippen molar-refractivity contribution in [2.75, 3.05) is 39.8 Å². The first-order valence-electron chi connectivity index (χ1n) is 10.7. The minimum atomic E-state index is -1.41. The highest BCUT2D eigenvalue weighted by atomic mass is 16.6. The molecule has 0 amide bonds. The van der Waals surface area contributed by atoms with Crippen LogP contribution < -0.4 is 10.6 Å². The van der Waals surface area contributed by atoms with Crippen molar-refractivity contribution in [1.82, 2.24) is 15.5 Å². The van der Waals surface area contributed by atoms with Gasteiger partial charge in [-0.15, -0.1) is 0 Å². The molecule has 32 heavy (non-hydrogen) atoms. The molecule has 3 N–H and O–H groups in total. The van der Waals surface area contributed by atoms with E-state index < -0.39 is 34.2 Å². The number of hydrogen-bond acceptors (Lipinski definition) is 8. The van der Waals surface area contributed by atoms with Gasteiger partial charge in [-0.05, 0) is 32.4 Å². The Bertz CT molecular complexity index is 927. The van der Waals surface area contributed by atoms with Crippen molar-refractivity contribution < 1.29 is 24.4 Å². The van der Waals surface area contributed by atoms with Crippen molar-refractivity contribution >= 4 is 17.6 Å². The van der Waals surface area contributed by atoms with Crippen LogP contribution in [0.25, 0.3) is 0 Å². The number of carboxylic acids is 1. The summed E-state index contributed by atoms with van der Waals surface area (Å²) in [6, 6.07) is 5.36. The van der Waals surface area contributed by atoms with E-state index in [9.17, 15) is 24.8 Å². The molecule has 0 saturated carbocycles. The van der Waals surface area contributed by atoms with Gasteiger partial charge in [0.15, 0.2) is 0 Å². The Hall–Kier alpha value is -2.98.